The van der Waals surface area contributed by atoms with Crippen LogP contribution in [0.25, 0.3) is 0 Å². The second kappa shape index (κ2) is 4.42. The minimum absolute atomic E-state index is 0.293. The smallest absolute Gasteiger partial charge is 0.0617 e. The molecule has 0 amide bonds. The molecule has 1 aromatic carbocycles. The molecule has 1 aliphatic rings. The second-order valence-corrected chi connectivity index (χ2v) is 6.52. The molecule has 14 heavy (non-hydrogen) atoms. The highest BCUT2D eigenvalue weighted by molar-refractivity contribution is 6.59. The standard InChI is InChI=1S/C13H15Si/c1-14(13-9-5-6-10-13)11-12-7-3-2-4-8-12/h2-10,13H,11H2,1H3. The summed E-state index contributed by atoms with van der Waals surface area (Å²) in [6, 6.07) is 12.1. The number of hydrogen-bond acceptors (Lipinski definition) is 0. The Morgan fingerprint density at radius 2 is 1.71 bits per heavy atom. The van der Waals surface area contributed by atoms with E-state index in [1.54, 1.807) is 0 Å². The lowest BCUT2D eigenvalue weighted by atomic mass is 10.2. The average molecular weight is 199 g/mol. The van der Waals surface area contributed by atoms with E-state index in [0.717, 1.165) is 5.54 Å². The van der Waals surface area contributed by atoms with Crippen molar-refractivity contribution in [1.29, 1.82) is 0 Å². The van der Waals surface area contributed by atoms with Crippen molar-refractivity contribution in [1.82, 2.24) is 0 Å². The van der Waals surface area contributed by atoms with Gasteiger partial charge in [0, 0.05) is 0 Å². The summed E-state index contributed by atoms with van der Waals surface area (Å²) >= 11 is 0. The van der Waals surface area contributed by atoms with E-state index < -0.39 is 0 Å². The Hall–Kier alpha value is -1.08. The molecule has 0 aromatic heterocycles. The number of benzene rings is 1. The molecule has 71 valence electrons. The fourth-order valence-electron chi connectivity index (χ4n) is 1.80. The van der Waals surface area contributed by atoms with E-state index in [2.05, 4.69) is 61.2 Å². The Morgan fingerprint density at radius 1 is 1.07 bits per heavy atom. The van der Waals surface area contributed by atoms with Crippen molar-refractivity contribution in [3.8, 4) is 0 Å². The fraction of sp³-hybridized carbons (Fsp3) is 0.231. The molecule has 0 saturated carbocycles. The molecule has 0 spiro atoms. The van der Waals surface area contributed by atoms with Crippen molar-refractivity contribution >= 4 is 8.80 Å². The lowest BCUT2D eigenvalue weighted by Crippen LogP contribution is -2.16. The first-order chi connectivity index (χ1) is 6.86. The predicted molar refractivity (Wildman–Crippen MR) is 63.8 cm³/mol. The van der Waals surface area contributed by atoms with Crippen molar-refractivity contribution in [2.75, 3.05) is 0 Å². The van der Waals surface area contributed by atoms with Crippen LogP contribution in [-0.4, -0.2) is 8.80 Å². The van der Waals surface area contributed by atoms with Gasteiger partial charge in [-0.25, -0.2) is 0 Å². The first kappa shape index (κ1) is 9.47. The highest BCUT2D eigenvalue weighted by atomic mass is 28.3. The monoisotopic (exact) mass is 199 g/mol. The third-order valence-corrected chi connectivity index (χ3v) is 5.13. The molecule has 1 heteroatoms. The molecule has 0 heterocycles. The molecular formula is C13H15Si. The highest BCUT2D eigenvalue weighted by Gasteiger charge is 2.15. The summed E-state index contributed by atoms with van der Waals surface area (Å²) in [5.41, 5.74) is 2.22. The van der Waals surface area contributed by atoms with Crippen LogP contribution in [0.3, 0.4) is 0 Å². The Kier molecular flexibility index (Phi) is 2.99. The van der Waals surface area contributed by atoms with Crippen LogP contribution in [-0.2, 0) is 6.04 Å². The number of hydrogen-bond donors (Lipinski definition) is 0. The zero-order chi connectivity index (χ0) is 9.80. The molecule has 0 nitrogen and oxygen atoms in total. The highest BCUT2D eigenvalue weighted by Crippen LogP contribution is 2.21. The molecule has 0 saturated heterocycles. The summed E-state index contributed by atoms with van der Waals surface area (Å²) in [7, 11) is -0.293. The minimum Gasteiger partial charge on any atom is -0.0806 e. The normalized spacial score (nSPS) is 15.6. The van der Waals surface area contributed by atoms with Crippen LogP contribution in [0, 0.1) is 0 Å². The zero-order valence-corrected chi connectivity index (χ0v) is 9.48. The van der Waals surface area contributed by atoms with Gasteiger partial charge in [-0.2, -0.15) is 0 Å². The van der Waals surface area contributed by atoms with Crippen LogP contribution in [0.15, 0.2) is 54.6 Å². The summed E-state index contributed by atoms with van der Waals surface area (Å²) in [5.74, 6) is 0. The number of allylic oxidation sites excluding steroid dienone is 4. The molecule has 1 aliphatic carbocycles. The van der Waals surface area contributed by atoms with Crippen LogP contribution in [0.2, 0.25) is 12.1 Å². The maximum atomic E-state index is 2.42. The average Bonchev–Trinajstić information content (AvgIpc) is 2.72. The van der Waals surface area contributed by atoms with E-state index in [4.69, 9.17) is 0 Å². The van der Waals surface area contributed by atoms with Gasteiger partial charge in [-0.1, -0.05) is 66.7 Å². The quantitative estimate of drug-likeness (QED) is 0.655. The summed E-state index contributed by atoms with van der Waals surface area (Å²) < 4.78 is 0. The maximum absolute atomic E-state index is 2.42. The van der Waals surface area contributed by atoms with Gasteiger partial charge in [0.05, 0.1) is 8.80 Å². The molecule has 0 atom stereocenters. The topological polar surface area (TPSA) is 0 Å². The third-order valence-electron chi connectivity index (χ3n) is 2.64. The van der Waals surface area contributed by atoms with Gasteiger partial charge in [-0.05, 0) is 11.6 Å². The molecule has 0 N–H and O–H groups in total. The minimum atomic E-state index is -0.293. The van der Waals surface area contributed by atoms with Gasteiger partial charge >= 0.3 is 0 Å². The van der Waals surface area contributed by atoms with Crippen LogP contribution < -0.4 is 0 Å². The van der Waals surface area contributed by atoms with Crippen molar-refractivity contribution in [3.63, 3.8) is 0 Å². The molecule has 0 bridgehead atoms. The first-order valence-corrected chi connectivity index (χ1v) is 7.36. The van der Waals surface area contributed by atoms with E-state index in [9.17, 15) is 0 Å². The van der Waals surface area contributed by atoms with Crippen LogP contribution in [0.5, 0.6) is 0 Å². The van der Waals surface area contributed by atoms with Crippen molar-refractivity contribution < 1.29 is 0 Å². The summed E-state index contributed by atoms with van der Waals surface area (Å²) in [6.45, 7) is 2.42. The van der Waals surface area contributed by atoms with Crippen LogP contribution in [0.4, 0.5) is 0 Å². The van der Waals surface area contributed by atoms with E-state index in [1.165, 1.54) is 11.6 Å². The van der Waals surface area contributed by atoms with Crippen molar-refractivity contribution in [2.24, 2.45) is 0 Å². The second-order valence-electron chi connectivity index (χ2n) is 3.80. The fourth-order valence-corrected chi connectivity index (χ4v) is 3.79. The van der Waals surface area contributed by atoms with E-state index >= 15 is 0 Å². The van der Waals surface area contributed by atoms with Gasteiger partial charge in [0.25, 0.3) is 0 Å². The lowest BCUT2D eigenvalue weighted by Gasteiger charge is -2.13. The van der Waals surface area contributed by atoms with Crippen LogP contribution in [0.1, 0.15) is 5.56 Å². The molecule has 0 aliphatic heterocycles. The maximum Gasteiger partial charge on any atom is 0.0617 e. The Morgan fingerprint density at radius 3 is 2.36 bits per heavy atom. The van der Waals surface area contributed by atoms with Crippen molar-refractivity contribution in [3.05, 3.63) is 60.2 Å². The van der Waals surface area contributed by atoms with Gasteiger partial charge in [0.1, 0.15) is 0 Å². The Bertz CT molecular complexity index is 326. The first-order valence-electron chi connectivity index (χ1n) is 5.07. The Labute approximate surface area is 87.6 Å². The summed E-state index contributed by atoms with van der Waals surface area (Å²) in [5, 5.41) is 0. The molecule has 0 fully saturated rings. The van der Waals surface area contributed by atoms with E-state index in [-0.39, 0.29) is 8.80 Å². The number of rotatable bonds is 3. The summed E-state index contributed by atoms with van der Waals surface area (Å²) in [4.78, 5) is 0. The predicted octanol–water partition coefficient (Wildman–Crippen LogP) is 3.39. The molecule has 1 radical (unpaired) electrons. The van der Waals surface area contributed by atoms with Gasteiger partial charge in [-0.15, -0.1) is 0 Å². The third kappa shape index (κ3) is 2.24. The van der Waals surface area contributed by atoms with E-state index in [0.29, 0.717) is 0 Å². The molecule has 2 rings (SSSR count). The van der Waals surface area contributed by atoms with E-state index in [1.807, 2.05) is 0 Å². The Balaban J connectivity index is 1.98. The van der Waals surface area contributed by atoms with Gasteiger partial charge in [-0.3, -0.25) is 0 Å². The lowest BCUT2D eigenvalue weighted by molar-refractivity contribution is 1.25. The van der Waals surface area contributed by atoms with Gasteiger partial charge < -0.3 is 0 Å². The largest absolute Gasteiger partial charge is 0.0806 e. The SMILES string of the molecule is C[Si](Cc1ccccc1)C1C=CC=C1. The molecule has 0 unspecified atom stereocenters. The van der Waals surface area contributed by atoms with Gasteiger partial charge in [0.15, 0.2) is 0 Å². The molecular weight excluding hydrogens is 184 g/mol. The van der Waals surface area contributed by atoms with Gasteiger partial charge in [0.2, 0.25) is 0 Å². The van der Waals surface area contributed by atoms with Crippen molar-refractivity contribution in [2.45, 2.75) is 18.1 Å². The zero-order valence-electron chi connectivity index (χ0n) is 8.48. The molecule has 1 aromatic rings. The summed E-state index contributed by atoms with van der Waals surface area (Å²) in [6.07, 6.45) is 9.00. The van der Waals surface area contributed by atoms with Crippen LogP contribution >= 0.6 is 0 Å².